The second-order valence-corrected chi connectivity index (χ2v) is 16.3. The van der Waals surface area contributed by atoms with E-state index in [9.17, 15) is 0 Å². The molecule has 0 unspecified atom stereocenters. The topological polar surface area (TPSA) is 6.48 Å². The standard InChI is InChI=1S/C62H48N2/c1-63(58-39-35-51(36-40-58)49-27-23-47(24-28-49)45-13-5-3-6-14-45)60-20-12-19-57(44-60)56-18-11-17-55(43-56)53-31-33-54(34-32-53)61-21-9-10-22-62(61)64(2)59-41-37-52(38-42-59)50-29-25-48(26-30-50)46-15-7-4-8-16-46/h3-44H,1-2H3. The summed E-state index contributed by atoms with van der Waals surface area (Å²) < 4.78 is 0. The van der Waals surface area contributed by atoms with Gasteiger partial charge in [0.05, 0.1) is 0 Å². The largest absolute Gasteiger partial charge is 0.345 e. The van der Waals surface area contributed by atoms with Crippen LogP contribution >= 0.6 is 0 Å². The summed E-state index contributed by atoms with van der Waals surface area (Å²) in [4.78, 5) is 4.53. The summed E-state index contributed by atoms with van der Waals surface area (Å²) in [6, 6.07) is 91.7. The van der Waals surface area contributed by atoms with E-state index in [-0.39, 0.29) is 0 Å². The molecule has 0 fully saturated rings. The lowest BCUT2D eigenvalue weighted by atomic mass is 9.96. The molecule has 0 saturated heterocycles. The predicted octanol–water partition coefficient (Wildman–Crippen LogP) is 16.9. The van der Waals surface area contributed by atoms with E-state index >= 15 is 0 Å². The van der Waals surface area contributed by atoms with Crippen molar-refractivity contribution >= 4 is 22.7 Å². The van der Waals surface area contributed by atoms with Gasteiger partial charge in [-0.15, -0.1) is 0 Å². The minimum Gasteiger partial charge on any atom is -0.345 e. The molecule has 0 radical (unpaired) electrons. The average Bonchev–Trinajstić information content (AvgIpc) is 3.39. The Kier molecular flexibility index (Phi) is 11.2. The number of rotatable bonds is 11. The first kappa shape index (κ1) is 39.9. The fourth-order valence-corrected chi connectivity index (χ4v) is 8.64. The van der Waals surface area contributed by atoms with Gasteiger partial charge in [-0.3, -0.25) is 0 Å². The molecule has 0 saturated carbocycles. The second kappa shape index (κ2) is 18.0. The number of hydrogen-bond donors (Lipinski definition) is 0. The minimum atomic E-state index is 1.14. The number of benzene rings is 10. The van der Waals surface area contributed by atoms with Crippen molar-refractivity contribution in [1.29, 1.82) is 0 Å². The Morgan fingerprint density at radius 3 is 1.00 bits per heavy atom. The summed E-state index contributed by atoms with van der Waals surface area (Å²) in [6.45, 7) is 0. The zero-order valence-corrected chi connectivity index (χ0v) is 36.1. The highest BCUT2D eigenvalue weighted by molar-refractivity contribution is 5.85. The normalized spacial score (nSPS) is 11.0. The third kappa shape index (κ3) is 8.50. The van der Waals surface area contributed by atoms with Crippen LogP contribution in [0.5, 0.6) is 0 Å². The molecule has 0 aliphatic rings. The van der Waals surface area contributed by atoms with Crippen molar-refractivity contribution < 1.29 is 0 Å². The van der Waals surface area contributed by atoms with Crippen LogP contribution in [0.3, 0.4) is 0 Å². The monoisotopic (exact) mass is 820 g/mol. The van der Waals surface area contributed by atoms with Gasteiger partial charge in [0.2, 0.25) is 0 Å². The summed E-state index contributed by atoms with van der Waals surface area (Å²) >= 11 is 0. The first-order chi connectivity index (χ1) is 31.5. The summed E-state index contributed by atoms with van der Waals surface area (Å²) in [6.07, 6.45) is 0. The molecule has 10 rings (SSSR count). The molecule has 0 aromatic heterocycles. The van der Waals surface area contributed by atoms with E-state index < -0.39 is 0 Å². The maximum Gasteiger partial charge on any atom is 0.0487 e. The van der Waals surface area contributed by atoms with Crippen LogP contribution in [-0.4, -0.2) is 14.1 Å². The van der Waals surface area contributed by atoms with Crippen LogP contribution in [0.15, 0.2) is 255 Å². The lowest BCUT2D eigenvalue weighted by Crippen LogP contribution is -2.10. The third-order valence-corrected chi connectivity index (χ3v) is 12.4. The van der Waals surface area contributed by atoms with Gasteiger partial charge in [-0.25, -0.2) is 0 Å². The molecule has 0 aliphatic heterocycles. The first-order valence-corrected chi connectivity index (χ1v) is 21.9. The summed E-state index contributed by atoms with van der Waals surface area (Å²) in [5.74, 6) is 0. The van der Waals surface area contributed by atoms with E-state index in [1.54, 1.807) is 0 Å². The third-order valence-electron chi connectivity index (χ3n) is 12.4. The van der Waals surface area contributed by atoms with E-state index in [0.29, 0.717) is 0 Å². The highest BCUT2D eigenvalue weighted by Crippen LogP contribution is 2.38. The van der Waals surface area contributed by atoms with Crippen LogP contribution in [0.1, 0.15) is 0 Å². The Morgan fingerprint density at radius 1 is 0.203 bits per heavy atom. The van der Waals surface area contributed by atoms with E-state index in [0.717, 1.165) is 22.7 Å². The van der Waals surface area contributed by atoms with Gasteiger partial charge < -0.3 is 9.80 Å². The Balaban J connectivity index is 0.823. The van der Waals surface area contributed by atoms with Crippen LogP contribution < -0.4 is 9.80 Å². The number of para-hydroxylation sites is 1. The van der Waals surface area contributed by atoms with Gasteiger partial charge in [-0.2, -0.15) is 0 Å². The van der Waals surface area contributed by atoms with Gasteiger partial charge in [0.15, 0.2) is 0 Å². The second-order valence-electron chi connectivity index (χ2n) is 16.3. The minimum absolute atomic E-state index is 1.14. The first-order valence-electron chi connectivity index (χ1n) is 21.9. The van der Waals surface area contributed by atoms with Crippen molar-refractivity contribution in [2.75, 3.05) is 23.9 Å². The Labute approximate surface area is 377 Å². The molecule has 0 aliphatic carbocycles. The van der Waals surface area contributed by atoms with E-state index in [1.165, 1.54) is 77.9 Å². The molecule has 0 amide bonds. The highest BCUT2D eigenvalue weighted by Gasteiger charge is 2.13. The van der Waals surface area contributed by atoms with E-state index in [4.69, 9.17) is 0 Å². The number of nitrogens with zero attached hydrogens (tertiary/aromatic N) is 2. The van der Waals surface area contributed by atoms with Crippen molar-refractivity contribution in [3.8, 4) is 77.9 Å². The van der Waals surface area contributed by atoms with Crippen LogP contribution in [0.25, 0.3) is 77.9 Å². The van der Waals surface area contributed by atoms with Crippen LogP contribution in [0, 0.1) is 0 Å². The number of anilines is 4. The summed E-state index contributed by atoms with van der Waals surface area (Å²) in [5, 5.41) is 0. The molecule has 306 valence electrons. The predicted molar refractivity (Wildman–Crippen MR) is 274 cm³/mol. The fourth-order valence-electron chi connectivity index (χ4n) is 8.64. The molecular formula is C62H48N2. The zero-order chi connectivity index (χ0) is 43.2. The summed E-state index contributed by atoms with van der Waals surface area (Å²) in [5.41, 5.74) is 21.4. The molecule has 0 spiro atoms. The molecular weight excluding hydrogens is 773 g/mol. The van der Waals surface area contributed by atoms with Crippen molar-refractivity contribution in [2.24, 2.45) is 0 Å². The molecule has 2 nitrogen and oxygen atoms in total. The van der Waals surface area contributed by atoms with Gasteiger partial charge >= 0.3 is 0 Å². The number of hydrogen-bond acceptors (Lipinski definition) is 2. The average molecular weight is 821 g/mol. The molecule has 10 aromatic rings. The molecule has 0 N–H and O–H groups in total. The smallest absolute Gasteiger partial charge is 0.0487 e. The molecule has 64 heavy (non-hydrogen) atoms. The molecule has 2 heteroatoms. The Morgan fingerprint density at radius 2 is 0.516 bits per heavy atom. The zero-order valence-electron chi connectivity index (χ0n) is 36.1. The fraction of sp³-hybridized carbons (Fsp3) is 0.0323. The lowest BCUT2D eigenvalue weighted by molar-refractivity contribution is 1.21. The van der Waals surface area contributed by atoms with Gasteiger partial charge in [-0.1, -0.05) is 206 Å². The van der Waals surface area contributed by atoms with Crippen molar-refractivity contribution in [3.05, 3.63) is 255 Å². The van der Waals surface area contributed by atoms with E-state index in [2.05, 4.69) is 279 Å². The Bertz CT molecular complexity index is 3120. The SMILES string of the molecule is CN(c1ccc(-c2ccc(-c3ccccc3)cc2)cc1)c1cccc(-c2cccc(-c3ccc(-c4ccccc4N(C)c4ccc(-c5ccc(-c6ccccc6)cc5)cc4)cc3)c2)c1. The maximum absolute atomic E-state index is 2.30. The van der Waals surface area contributed by atoms with Gasteiger partial charge in [-0.05, 0) is 121 Å². The molecule has 10 aromatic carbocycles. The van der Waals surface area contributed by atoms with Crippen molar-refractivity contribution in [2.45, 2.75) is 0 Å². The van der Waals surface area contributed by atoms with Gasteiger partial charge in [0.1, 0.15) is 0 Å². The van der Waals surface area contributed by atoms with Gasteiger partial charge in [0, 0.05) is 42.4 Å². The van der Waals surface area contributed by atoms with Gasteiger partial charge in [0.25, 0.3) is 0 Å². The summed E-state index contributed by atoms with van der Waals surface area (Å²) in [7, 11) is 4.29. The maximum atomic E-state index is 2.30. The molecule has 0 atom stereocenters. The lowest BCUT2D eigenvalue weighted by Gasteiger charge is -2.23. The quantitative estimate of drug-likeness (QED) is 0.128. The van der Waals surface area contributed by atoms with Crippen LogP contribution in [0.2, 0.25) is 0 Å². The molecule has 0 bridgehead atoms. The van der Waals surface area contributed by atoms with Crippen molar-refractivity contribution in [3.63, 3.8) is 0 Å². The van der Waals surface area contributed by atoms with Crippen LogP contribution in [-0.2, 0) is 0 Å². The highest BCUT2D eigenvalue weighted by atomic mass is 15.1. The van der Waals surface area contributed by atoms with E-state index in [1.807, 2.05) is 0 Å². The van der Waals surface area contributed by atoms with Crippen LogP contribution in [0.4, 0.5) is 22.7 Å². The van der Waals surface area contributed by atoms with Crippen molar-refractivity contribution in [1.82, 2.24) is 0 Å². The Hall–Kier alpha value is -8.20. The molecule has 0 heterocycles.